The van der Waals surface area contributed by atoms with Crippen molar-refractivity contribution in [3.8, 4) is 0 Å². The minimum absolute atomic E-state index is 0.160. The van der Waals surface area contributed by atoms with E-state index >= 15 is 0 Å². The predicted molar refractivity (Wildman–Crippen MR) is 310 cm³/mol. The normalized spacial score (nSPS) is 13.8. The van der Waals surface area contributed by atoms with Gasteiger partial charge in [0.2, 0.25) is 0 Å². The molecule has 6 heteroatoms. The van der Waals surface area contributed by atoms with Crippen molar-refractivity contribution in [1.29, 1.82) is 0 Å². The van der Waals surface area contributed by atoms with E-state index in [1.54, 1.807) is 0 Å². The fourth-order valence-corrected chi connectivity index (χ4v) is 6.13. The molecule has 0 aromatic carbocycles. The average molecular weight is 983 g/mol. The SMILES string of the molecule is CC/C=C\C/C=C\C/C=C\C/C=C\C/C=C\C/C=C\CCC(=O)OCC(COC(=O)CC/C=C\C/C=C\C/C=C\C/C=C\C/C=C\CC)OC(=O)CC/C=C\C/C=C\C/C=C\C/C=C\C/C=C\C/C=C\CC. The van der Waals surface area contributed by atoms with Gasteiger partial charge in [-0.1, -0.05) is 227 Å². The molecule has 0 heterocycles. The predicted octanol–water partition coefficient (Wildman–Crippen LogP) is 18.5. The highest BCUT2D eigenvalue weighted by atomic mass is 16.6. The molecule has 0 saturated heterocycles. The molecule has 1 unspecified atom stereocenters. The summed E-state index contributed by atoms with van der Waals surface area (Å²) in [5.41, 5.74) is 0. The van der Waals surface area contributed by atoms with Gasteiger partial charge in [0.25, 0.3) is 0 Å². The van der Waals surface area contributed by atoms with Gasteiger partial charge < -0.3 is 14.2 Å². The zero-order valence-electron chi connectivity index (χ0n) is 44.8. The Kier molecular flexibility index (Phi) is 52.8. The smallest absolute Gasteiger partial charge is 0.306 e. The maximum atomic E-state index is 12.8. The van der Waals surface area contributed by atoms with Crippen molar-refractivity contribution in [1.82, 2.24) is 0 Å². The van der Waals surface area contributed by atoms with E-state index in [1.165, 1.54) is 0 Å². The Morgan fingerprint density at radius 1 is 0.264 bits per heavy atom. The van der Waals surface area contributed by atoms with Crippen molar-refractivity contribution in [3.05, 3.63) is 207 Å². The van der Waals surface area contributed by atoms with Crippen LogP contribution in [0.15, 0.2) is 207 Å². The van der Waals surface area contributed by atoms with Gasteiger partial charge in [0.1, 0.15) is 13.2 Å². The molecule has 0 aliphatic carbocycles. The van der Waals surface area contributed by atoms with Gasteiger partial charge in [-0.15, -0.1) is 0 Å². The highest BCUT2D eigenvalue weighted by Gasteiger charge is 2.19. The summed E-state index contributed by atoms with van der Waals surface area (Å²) in [6.07, 6.45) is 89.9. The van der Waals surface area contributed by atoms with E-state index in [9.17, 15) is 14.4 Å². The standard InChI is InChI=1S/C66H94O6/c1-4-7-10-13-16-19-22-25-28-31-33-35-38-41-44-47-50-53-56-59-65(68)71-62-63(61-70-64(67)58-55-52-49-46-43-40-37-30-27-24-21-18-15-12-9-6-3)72-66(69)60-57-54-51-48-45-42-39-36-34-32-29-26-23-20-17-14-11-8-5-2/h7-12,16-21,25-30,33-36,40-45,49-54,63H,4-6,13-15,22-24,31-32,37-39,46-48,55-62H2,1-3H3/b10-7-,11-8-,12-9-,19-16-,20-17-,21-18-,28-25-,29-26-,30-27-,35-33-,36-34-,43-40-,44-41-,45-42-,52-49-,53-50-,54-51-. The van der Waals surface area contributed by atoms with Crippen molar-refractivity contribution in [2.24, 2.45) is 0 Å². The van der Waals surface area contributed by atoms with E-state index in [4.69, 9.17) is 14.2 Å². The third-order valence-corrected chi connectivity index (χ3v) is 10.1. The first-order chi connectivity index (χ1) is 35.5. The van der Waals surface area contributed by atoms with E-state index in [0.29, 0.717) is 19.3 Å². The van der Waals surface area contributed by atoms with Crippen LogP contribution in [0.5, 0.6) is 0 Å². The molecule has 0 saturated carbocycles. The first-order valence-corrected chi connectivity index (χ1v) is 27.1. The molecule has 0 aromatic heterocycles. The Morgan fingerprint density at radius 2 is 0.444 bits per heavy atom. The quantitative estimate of drug-likeness (QED) is 0.0344. The minimum Gasteiger partial charge on any atom is -0.462 e. The molecule has 0 aliphatic heterocycles. The molecular weight excluding hydrogens is 889 g/mol. The average Bonchev–Trinajstić information content (AvgIpc) is 3.38. The Labute approximate surface area is 439 Å². The molecule has 1 atom stereocenters. The maximum absolute atomic E-state index is 12.8. The Morgan fingerprint density at radius 3 is 0.653 bits per heavy atom. The third kappa shape index (κ3) is 54.9. The molecule has 0 rings (SSSR count). The van der Waals surface area contributed by atoms with E-state index < -0.39 is 24.0 Å². The number of carbonyl (C=O) groups is 3. The van der Waals surface area contributed by atoms with Gasteiger partial charge in [-0.05, 0) is 128 Å². The Balaban J connectivity index is 4.77. The summed E-state index contributed by atoms with van der Waals surface area (Å²) in [5, 5.41) is 0. The topological polar surface area (TPSA) is 78.9 Å². The maximum Gasteiger partial charge on any atom is 0.306 e. The lowest BCUT2D eigenvalue weighted by atomic mass is 10.2. The van der Waals surface area contributed by atoms with Gasteiger partial charge in [0.05, 0.1) is 0 Å². The highest BCUT2D eigenvalue weighted by molar-refractivity contribution is 5.71. The minimum atomic E-state index is -0.893. The first-order valence-electron chi connectivity index (χ1n) is 27.1. The lowest BCUT2D eigenvalue weighted by Gasteiger charge is -2.18. The number of rotatable bonds is 45. The van der Waals surface area contributed by atoms with Crippen molar-refractivity contribution < 1.29 is 28.6 Å². The number of ether oxygens (including phenoxy) is 3. The fraction of sp³-hybridized carbons (Fsp3) is 0.439. The lowest BCUT2D eigenvalue weighted by Crippen LogP contribution is -2.30. The van der Waals surface area contributed by atoms with E-state index in [1.807, 2.05) is 36.5 Å². The van der Waals surface area contributed by atoms with E-state index in [0.717, 1.165) is 109 Å². The fourth-order valence-electron chi connectivity index (χ4n) is 6.13. The number of allylic oxidation sites excluding steroid dienone is 34. The summed E-state index contributed by atoms with van der Waals surface area (Å²) in [4.78, 5) is 38.0. The van der Waals surface area contributed by atoms with Gasteiger partial charge in [0.15, 0.2) is 6.10 Å². The zero-order valence-corrected chi connectivity index (χ0v) is 44.8. The van der Waals surface area contributed by atoms with Crippen LogP contribution in [0.2, 0.25) is 0 Å². The monoisotopic (exact) mass is 983 g/mol. The van der Waals surface area contributed by atoms with Crippen LogP contribution in [0.1, 0.15) is 168 Å². The van der Waals surface area contributed by atoms with Crippen LogP contribution in [0.3, 0.4) is 0 Å². The summed E-state index contributed by atoms with van der Waals surface area (Å²) in [6.45, 7) is 6.06. The molecule has 0 aromatic rings. The van der Waals surface area contributed by atoms with Crippen LogP contribution in [0, 0.1) is 0 Å². The number of hydrogen-bond acceptors (Lipinski definition) is 6. The molecule has 0 N–H and O–H groups in total. The van der Waals surface area contributed by atoms with Crippen LogP contribution in [-0.2, 0) is 28.6 Å². The highest BCUT2D eigenvalue weighted by Crippen LogP contribution is 2.07. The molecular formula is C66H94O6. The van der Waals surface area contributed by atoms with Crippen molar-refractivity contribution >= 4 is 17.9 Å². The lowest BCUT2D eigenvalue weighted by molar-refractivity contribution is -0.166. The summed E-state index contributed by atoms with van der Waals surface area (Å²) >= 11 is 0. The second-order valence-corrected chi connectivity index (χ2v) is 16.6. The Hall–Kier alpha value is -6.01. The molecule has 0 aliphatic rings. The molecule has 394 valence electrons. The van der Waals surface area contributed by atoms with Gasteiger partial charge >= 0.3 is 17.9 Å². The van der Waals surface area contributed by atoms with Crippen LogP contribution < -0.4 is 0 Å². The van der Waals surface area contributed by atoms with Crippen LogP contribution in [0.25, 0.3) is 0 Å². The van der Waals surface area contributed by atoms with Gasteiger partial charge in [0, 0.05) is 19.3 Å². The van der Waals surface area contributed by atoms with E-state index in [2.05, 4.69) is 191 Å². The second-order valence-electron chi connectivity index (χ2n) is 16.6. The molecule has 0 spiro atoms. The summed E-state index contributed by atoms with van der Waals surface area (Å²) in [5.74, 6) is -1.25. The summed E-state index contributed by atoms with van der Waals surface area (Å²) in [7, 11) is 0. The van der Waals surface area contributed by atoms with Gasteiger partial charge in [-0.2, -0.15) is 0 Å². The van der Waals surface area contributed by atoms with Crippen LogP contribution >= 0.6 is 0 Å². The van der Waals surface area contributed by atoms with E-state index in [-0.39, 0.29) is 32.5 Å². The van der Waals surface area contributed by atoms with Crippen molar-refractivity contribution in [2.45, 2.75) is 175 Å². The zero-order chi connectivity index (χ0) is 52.2. The number of carbonyl (C=O) groups excluding carboxylic acids is 3. The van der Waals surface area contributed by atoms with Crippen LogP contribution in [0.4, 0.5) is 0 Å². The first kappa shape index (κ1) is 66.0. The molecule has 6 nitrogen and oxygen atoms in total. The second kappa shape index (κ2) is 57.6. The molecule has 0 fully saturated rings. The number of hydrogen-bond donors (Lipinski definition) is 0. The molecule has 0 amide bonds. The third-order valence-electron chi connectivity index (χ3n) is 10.1. The van der Waals surface area contributed by atoms with Gasteiger partial charge in [-0.3, -0.25) is 14.4 Å². The van der Waals surface area contributed by atoms with Crippen molar-refractivity contribution in [3.63, 3.8) is 0 Å². The summed E-state index contributed by atoms with van der Waals surface area (Å²) < 4.78 is 16.6. The van der Waals surface area contributed by atoms with Gasteiger partial charge in [-0.25, -0.2) is 0 Å². The molecule has 0 bridgehead atoms. The van der Waals surface area contributed by atoms with Crippen LogP contribution in [-0.4, -0.2) is 37.2 Å². The number of esters is 3. The van der Waals surface area contributed by atoms with Crippen molar-refractivity contribution in [2.75, 3.05) is 13.2 Å². The molecule has 0 radical (unpaired) electrons. The molecule has 72 heavy (non-hydrogen) atoms. The summed E-state index contributed by atoms with van der Waals surface area (Å²) in [6, 6.07) is 0. The largest absolute Gasteiger partial charge is 0.462 e. The Bertz CT molecular complexity index is 1840.